The van der Waals surface area contributed by atoms with Crippen molar-refractivity contribution in [1.82, 2.24) is 9.21 Å². The maximum absolute atomic E-state index is 13.5. The molecule has 3 aliphatic rings. The first kappa shape index (κ1) is 21.7. The standard InChI is InChI=1S/C21H29FN2O5S/c22-17-4-3-5-19(14-17)30(26,27)24-11-7-21(8-12-24)15-18(6-13-29-21)28-16-20(25)23-9-1-2-10-23/h3-5,14,18H,1-2,6-13,15-16H2. The lowest BCUT2D eigenvalue weighted by molar-refractivity contribution is -0.160. The SMILES string of the molecule is O=C(COC1CCOC2(CCN(S(=O)(=O)c3cccc(F)c3)CC2)C1)N1CCCC1. The molecular weight excluding hydrogens is 411 g/mol. The lowest BCUT2D eigenvalue weighted by Gasteiger charge is -2.45. The van der Waals surface area contributed by atoms with Gasteiger partial charge in [-0.2, -0.15) is 4.31 Å². The van der Waals surface area contributed by atoms with Crippen LogP contribution >= 0.6 is 0 Å². The molecule has 1 aromatic carbocycles. The fraction of sp³-hybridized carbons (Fsp3) is 0.667. The molecule has 4 rings (SSSR count). The zero-order valence-electron chi connectivity index (χ0n) is 17.1. The van der Waals surface area contributed by atoms with Crippen molar-refractivity contribution < 1.29 is 27.1 Å². The minimum absolute atomic E-state index is 0.0235. The first-order valence-corrected chi connectivity index (χ1v) is 12.1. The summed E-state index contributed by atoms with van der Waals surface area (Å²) >= 11 is 0. The first-order valence-electron chi connectivity index (χ1n) is 10.7. The molecule has 1 atom stereocenters. The second-order valence-electron chi connectivity index (χ2n) is 8.41. The van der Waals surface area contributed by atoms with Crippen LogP contribution in [0.15, 0.2) is 29.2 Å². The number of nitrogens with zero attached hydrogens (tertiary/aromatic N) is 2. The molecule has 0 aromatic heterocycles. The van der Waals surface area contributed by atoms with Crippen LogP contribution in [-0.2, 0) is 24.3 Å². The molecule has 0 aliphatic carbocycles. The number of halogens is 1. The van der Waals surface area contributed by atoms with E-state index in [0.717, 1.165) is 38.4 Å². The Morgan fingerprint density at radius 3 is 2.63 bits per heavy atom. The van der Waals surface area contributed by atoms with E-state index >= 15 is 0 Å². The van der Waals surface area contributed by atoms with Gasteiger partial charge in [0.1, 0.15) is 12.4 Å². The van der Waals surface area contributed by atoms with Gasteiger partial charge in [0.25, 0.3) is 0 Å². The number of hydrogen-bond donors (Lipinski definition) is 0. The Morgan fingerprint density at radius 1 is 1.20 bits per heavy atom. The summed E-state index contributed by atoms with van der Waals surface area (Å²) in [5, 5.41) is 0. The van der Waals surface area contributed by atoms with Crippen LogP contribution in [0.4, 0.5) is 4.39 Å². The monoisotopic (exact) mass is 440 g/mol. The van der Waals surface area contributed by atoms with Crippen LogP contribution in [0.1, 0.15) is 38.5 Å². The number of carbonyl (C=O) groups is 1. The summed E-state index contributed by atoms with van der Waals surface area (Å²) in [7, 11) is -3.73. The molecular formula is C21H29FN2O5S. The summed E-state index contributed by atoms with van der Waals surface area (Å²) in [6.45, 7) is 2.90. The predicted molar refractivity (Wildman–Crippen MR) is 108 cm³/mol. The van der Waals surface area contributed by atoms with E-state index in [1.807, 2.05) is 4.90 Å². The second kappa shape index (κ2) is 8.90. The number of sulfonamides is 1. The molecule has 3 fully saturated rings. The third-order valence-electron chi connectivity index (χ3n) is 6.42. The summed E-state index contributed by atoms with van der Waals surface area (Å²) < 4.78 is 52.5. The predicted octanol–water partition coefficient (Wildman–Crippen LogP) is 2.17. The van der Waals surface area contributed by atoms with Crippen molar-refractivity contribution in [1.29, 1.82) is 0 Å². The first-order chi connectivity index (χ1) is 14.4. The molecule has 0 N–H and O–H groups in total. The summed E-state index contributed by atoms with van der Waals surface area (Å²) in [6.07, 6.45) is 4.57. The molecule has 0 bridgehead atoms. The average Bonchev–Trinajstić information content (AvgIpc) is 3.28. The molecule has 0 radical (unpaired) electrons. The number of carbonyl (C=O) groups excluding carboxylic acids is 1. The van der Waals surface area contributed by atoms with E-state index < -0.39 is 21.4 Å². The summed E-state index contributed by atoms with van der Waals surface area (Å²) in [5.41, 5.74) is -0.423. The van der Waals surface area contributed by atoms with Gasteiger partial charge >= 0.3 is 0 Å². The zero-order valence-corrected chi connectivity index (χ0v) is 17.9. The van der Waals surface area contributed by atoms with Gasteiger partial charge in [0.15, 0.2) is 0 Å². The second-order valence-corrected chi connectivity index (χ2v) is 10.3. The van der Waals surface area contributed by atoms with E-state index in [1.54, 1.807) is 0 Å². The van der Waals surface area contributed by atoms with Gasteiger partial charge in [0.05, 0.1) is 16.6 Å². The Bertz CT molecular complexity index is 864. The van der Waals surface area contributed by atoms with Crippen LogP contribution in [0, 0.1) is 5.82 Å². The molecule has 1 spiro atoms. The largest absolute Gasteiger partial charge is 0.375 e. The lowest BCUT2D eigenvalue weighted by Crippen LogP contribution is -2.52. The normalized spacial score (nSPS) is 25.0. The molecule has 30 heavy (non-hydrogen) atoms. The highest BCUT2D eigenvalue weighted by Gasteiger charge is 2.43. The Kier molecular flexibility index (Phi) is 6.43. The maximum Gasteiger partial charge on any atom is 0.248 e. The maximum atomic E-state index is 13.5. The summed E-state index contributed by atoms with van der Waals surface area (Å²) in [4.78, 5) is 14.1. The van der Waals surface area contributed by atoms with E-state index in [4.69, 9.17) is 9.47 Å². The van der Waals surface area contributed by atoms with E-state index in [1.165, 1.54) is 22.5 Å². The summed E-state index contributed by atoms with van der Waals surface area (Å²) in [5.74, 6) is -0.521. The Balaban J connectivity index is 1.32. The number of amides is 1. The number of piperidine rings is 1. The van der Waals surface area contributed by atoms with Gasteiger partial charge in [-0.05, 0) is 50.3 Å². The molecule has 1 unspecified atom stereocenters. The van der Waals surface area contributed by atoms with E-state index in [-0.39, 0.29) is 23.5 Å². The van der Waals surface area contributed by atoms with E-state index in [2.05, 4.69) is 0 Å². The van der Waals surface area contributed by atoms with Crippen molar-refractivity contribution in [3.8, 4) is 0 Å². The van der Waals surface area contributed by atoms with Gasteiger partial charge in [-0.25, -0.2) is 12.8 Å². The average molecular weight is 441 g/mol. The van der Waals surface area contributed by atoms with Gasteiger partial charge in [0.2, 0.25) is 15.9 Å². The number of ether oxygens (including phenoxy) is 2. The van der Waals surface area contributed by atoms with Crippen molar-refractivity contribution in [3.05, 3.63) is 30.1 Å². The topological polar surface area (TPSA) is 76.1 Å². The minimum atomic E-state index is -3.73. The van der Waals surface area contributed by atoms with E-state index in [0.29, 0.717) is 39.0 Å². The number of likely N-dealkylation sites (tertiary alicyclic amines) is 1. The highest BCUT2D eigenvalue weighted by molar-refractivity contribution is 7.89. The Labute approximate surface area is 177 Å². The van der Waals surface area contributed by atoms with Crippen molar-refractivity contribution in [2.75, 3.05) is 39.4 Å². The molecule has 3 saturated heterocycles. The van der Waals surface area contributed by atoms with Crippen LogP contribution in [0.5, 0.6) is 0 Å². The van der Waals surface area contributed by atoms with Gasteiger partial charge in [-0.1, -0.05) is 6.07 Å². The molecule has 166 valence electrons. The highest BCUT2D eigenvalue weighted by atomic mass is 32.2. The third-order valence-corrected chi connectivity index (χ3v) is 8.31. The van der Waals surface area contributed by atoms with Crippen molar-refractivity contribution in [2.24, 2.45) is 0 Å². The highest BCUT2D eigenvalue weighted by Crippen LogP contribution is 2.37. The fourth-order valence-corrected chi connectivity index (χ4v) is 6.10. The number of hydrogen-bond acceptors (Lipinski definition) is 5. The van der Waals surface area contributed by atoms with Crippen LogP contribution in [0.25, 0.3) is 0 Å². The third kappa shape index (κ3) is 4.69. The van der Waals surface area contributed by atoms with Gasteiger partial charge < -0.3 is 14.4 Å². The number of rotatable bonds is 5. The molecule has 1 aromatic rings. The Hall–Kier alpha value is -1.55. The van der Waals surface area contributed by atoms with Crippen molar-refractivity contribution in [2.45, 2.75) is 55.1 Å². The zero-order chi connectivity index (χ0) is 21.2. The molecule has 1 amide bonds. The van der Waals surface area contributed by atoms with Crippen LogP contribution in [0.2, 0.25) is 0 Å². The molecule has 3 aliphatic heterocycles. The van der Waals surface area contributed by atoms with Crippen LogP contribution < -0.4 is 0 Å². The van der Waals surface area contributed by atoms with Crippen molar-refractivity contribution >= 4 is 15.9 Å². The molecule has 9 heteroatoms. The Morgan fingerprint density at radius 2 is 1.93 bits per heavy atom. The van der Waals surface area contributed by atoms with Crippen LogP contribution in [-0.4, -0.2) is 74.6 Å². The smallest absolute Gasteiger partial charge is 0.248 e. The molecule has 3 heterocycles. The fourth-order valence-electron chi connectivity index (χ4n) is 4.63. The van der Waals surface area contributed by atoms with E-state index in [9.17, 15) is 17.6 Å². The molecule has 7 nitrogen and oxygen atoms in total. The van der Waals surface area contributed by atoms with Gasteiger partial charge in [-0.15, -0.1) is 0 Å². The van der Waals surface area contributed by atoms with Crippen LogP contribution in [0.3, 0.4) is 0 Å². The van der Waals surface area contributed by atoms with Crippen molar-refractivity contribution in [3.63, 3.8) is 0 Å². The quantitative estimate of drug-likeness (QED) is 0.702. The van der Waals surface area contributed by atoms with Gasteiger partial charge in [-0.3, -0.25) is 4.79 Å². The lowest BCUT2D eigenvalue weighted by atomic mass is 9.84. The number of benzene rings is 1. The summed E-state index contributed by atoms with van der Waals surface area (Å²) in [6, 6.07) is 5.11. The minimum Gasteiger partial charge on any atom is -0.375 e. The molecule has 0 saturated carbocycles. The van der Waals surface area contributed by atoms with Gasteiger partial charge in [0, 0.05) is 39.2 Å².